The number of nitrogens with zero attached hydrogens (tertiary/aromatic N) is 8. The average molecular weight is 1320 g/mol. The summed E-state index contributed by atoms with van der Waals surface area (Å²) in [6, 6.07) is 1.37. The van der Waals surface area contributed by atoms with Crippen molar-refractivity contribution in [2.75, 3.05) is 49.4 Å². The van der Waals surface area contributed by atoms with Crippen LogP contribution in [0.1, 0.15) is 36.0 Å². The van der Waals surface area contributed by atoms with Gasteiger partial charge in [0.1, 0.15) is 113 Å². The van der Waals surface area contributed by atoms with Gasteiger partial charge in [-0.05, 0) is 28.7 Å². The summed E-state index contributed by atoms with van der Waals surface area (Å²) >= 11 is 1.88. The van der Waals surface area contributed by atoms with Crippen LogP contribution in [0.5, 0.6) is 0 Å². The Hall–Kier alpha value is -6.08. The quantitative estimate of drug-likeness (QED) is 0.0443. The third kappa shape index (κ3) is 17.5. The minimum atomic E-state index is -1.65. The Kier molecular flexibility index (Phi) is 24.8. The lowest BCUT2D eigenvalue weighted by Crippen LogP contribution is -2.36. The Bertz CT molecular complexity index is 3260. The molecule has 4 aromatic rings. The smallest absolute Gasteiger partial charge is 0.351 e. The summed E-state index contributed by atoms with van der Waals surface area (Å²) in [7, 11) is -2.76. The maximum Gasteiger partial charge on any atom is 0.351 e. The molecule has 32 nitrogen and oxygen atoms in total. The molecule has 456 valence electrons. The van der Waals surface area contributed by atoms with Crippen molar-refractivity contribution in [3.8, 4) is 35.8 Å². The van der Waals surface area contributed by atoms with Gasteiger partial charge in [-0.3, -0.25) is 18.3 Å². The second-order valence-corrected chi connectivity index (χ2v) is 31.3. The van der Waals surface area contributed by atoms with Crippen LogP contribution in [-0.4, -0.2) is 215 Å². The van der Waals surface area contributed by atoms with E-state index in [2.05, 4.69) is 82.1 Å². The summed E-state index contributed by atoms with van der Waals surface area (Å²) in [6.07, 6.45) is -3.26. The standard InChI is InChI=1S/C14H21N3O5Si.C11H13N3O5.C9H12IN3O5.C9H13N3O5.C5H10Si/c1-23(2,3)5-4-8-6-17(14(21)16-12(8)15)13-11(20)10(19)9(7-18)22-13;1-2-5-3-14(11(18)13-9(5)12)10-8(17)7(16)6(4-15)19-10;10-3-1-13(9(17)12-7(3)11)8-6(16)5(15)4(2-14)18-8;10-5-1-2-12(9(16)11-5)8-7(15)6(14)4(3-13)17-8;1-5-6(2,3)4/h6,9-11,13,18-20H,7H2,1-3H3,(H2,15,16,21);1,3,6-8,10,15-17H,4H2,(H2,12,13,18);1,4-6,8,14-16H,2H2,(H2,11,12,17);1-2,4,6-8,13-15H,3H2,(H2,10,11,16);1H,2-4H3/t9-,10?,11+,13-;6-,7?,8+,10-;4-,5?,6+,8-;4-,6?,7+,8-;/m1111./s1. The number of nitrogens with two attached hydrogens (primary N) is 4. The summed E-state index contributed by atoms with van der Waals surface area (Å²) in [5.74, 6) is 5.19. The van der Waals surface area contributed by atoms with E-state index in [-0.39, 0.29) is 28.8 Å². The largest absolute Gasteiger partial charge is 0.394 e. The molecule has 0 bridgehead atoms. The fourth-order valence-corrected chi connectivity index (χ4v) is 8.42. The summed E-state index contributed by atoms with van der Waals surface area (Å²) in [6.45, 7) is 10.7. The van der Waals surface area contributed by atoms with Crippen LogP contribution in [0.15, 0.2) is 50.0 Å². The van der Waals surface area contributed by atoms with Gasteiger partial charge in [0.15, 0.2) is 24.9 Å². The van der Waals surface area contributed by atoms with E-state index in [1.54, 1.807) is 0 Å². The van der Waals surface area contributed by atoms with Gasteiger partial charge in [-0.1, -0.05) is 51.1 Å². The Morgan fingerprint density at radius 3 is 1.13 bits per heavy atom. The van der Waals surface area contributed by atoms with Crippen LogP contribution >= 0.6 is 22.6 Å². The third-order valence-corrected chi connectivity index (χ3v) is 14.6. The zero-order valence-corrected chi connectivity index (χ0v) is 49.7. The number of aliphatic hydroxyl groups is 12. The summed E-state index contributed by atoms with van der Waals surface area (Å²) in [4.78, 5) is 61.2. The highest BCUT2D eigenvalue weighted by Gasteiger charge is 2.47. The molecule has 0 aliphatic carbocycles. The van der Waals surface area contributed by atoms with E-state index in [0.29, 0.717) is 9.13 Å². The van der Waals surface area contributed by atoms with Gasteiger partial charge < -0.3 is 103 Å². The van der Waals surface area contributed by atoms with Gasteiger partial charge in [0.2, 0.25) is 0 Å². The monoisotopic (exact) mass is 1320 g/mol. The molecular weight excluding hydrogens is 1250 g/mol. The maximum atomic E-state index is 12.0. The molecule has 4 aromatic heterocycles. The van der Waals surface area contributed by atoms with Crippen LogP contribution in [0.4, 0.5) is 23.3 Å². The van der Waals surface area contributed by atoms with Crippen LogP contribution in [0.3, 0.4) is 0 Å². The molecule has 20 N–H and O–H groups in total. The number of aliphatic hydroxyl groups excluding tert-OH is 12. The predicted molar refractivity (Wildman–Crippen MR) is 307 cm³/mol. The molecule has 4 saturated heterocycles. The molecule has 0 spiro atoms. The molecule has 0 amide bonds. The van der Waals surface area contributed by atoms with E-state index in [0.717, 1.165) is 18.3 Å². The van der Waals surface area contributed by atoms with Gasteiger partial charge in [0, 0.05) is 24.8 Å². The number of halogens is 1. The van der Waals surface area contributed by atoms with Crippen molar-refractivity contribution in [3.05, 3.63) is 87.5 Å². The number of terminal acetylenes is 2. The molecule has 16 atom stereocenters. The highest BCUT2D eigenvalue weighted by molar-refractivity contribution is 14.1. The fourth-order valence-electron chi connectivity index (χ4n) is 7.49. The van der Waals surface area contributed by atoms with Crippen molar-refractivity contribution in [2.24, 2.45) is 0 Å². The molecule has 83 heavy (non-hydrogen) atoms. The van der Waals surface area contributed by atoms with Gasteiger partial charge in [-0.25, -0.2) is 19.2 Å². The lowest BCUT2D eigenvalue weighted by atomic mass is 10.1. The molecule has 0 saturated carbocycles. The minimum Gasteiger partial charge on any atom is -0.394 e. The molecule has 0 radical (unpaired) electrons. The van der Waals surface area contributed by atoms with Crippen molar-refractivity contribution in [2.45, 2.75) is 137 Å². The lowest BCUT2D eigenvalue weighted by molar-refractivity contribution is -0.0550. The molecular formula is C48H69IN12O20Si2. The van der Waals surface area contributed by atoms with E-state index in [9.17, 15) is 60.0 Å². The van der Waals surface area contributed by atoms with Gasteiger partial charge in [-0.2, -0.15) is 19.9 Å². The number of ether oxygens (including phenoxy) is 4. The molecule has 4 fully saturated rings. The summed E-state index contributed by atoms with van der Waals surface area (Å²) < 4.78 is 25.5. The second kappa shape index (κ2) is 29.6. The highest BCUT2D eigenvalue weighted by atomic mass is 127. The van der Waals surface area contributed by atoms with Crippen LogP contribution in [0.2, 0.25) is 39.3 Å². The van der Waals surface area contributed by atoms with Crippen molar-refractivity contribution in [1.29, 1.82) is 0 Å². The number of nitrogen functional groups attached to an aromatic ring is 4. The molecule has 4 aliphatic heterocycles. The number of rotatable bonds is 8. The van der Waals surface area contributed by atoms with Crippen molar-refractivity contribution >= 4 is 62.0 Å². The first-order chi connectivity index (χ1) is 38.7. The topological polar surface area (TPSA) is 523 Å². The Morgan fingerprint density at radius 1 is 0.506 bits per heavy atom. The molecule has 4 aliphatic rings. The van der Waals surface area contributed by atoms with E-state index in [4.69, 9.17) is 75.2 Å². The van der Waals surface area contributed by atoms with E-state index in [1.807, 2.05) is 22.6 Å². The number of aromatic nitrogens is 8. The third-order valence-electron chi connectivity index (χ3n) is 12.1. The zero-order valence-electron chi connectivity index (χ0n) is 45.5. The number of hydrogen-bond donors (Lipinski definition) is 16. The maximum absolute atomic E-state index is 12.0. The molecule has 8 rings (SSSR count). The minimum absolute atomic E-state index is 0.00347. The van der Waals surface area contributed by atoms with E-state index >= 15 is 0 Å². The van der Waals surface area contributed by atoms with E-state index < -0.39 is 163 Å². The van der Waals surface area contributed by atoms with Gasteiger partial charge in [0.25, 0.3) is 0 Å². The van der Waals surface area contributed by atoms with Crippen LogP contribution in [0.25, 0.3) is 0 Å². The van der Waals surface area contributed by atoms with Crippen molar-refractivity contribution in [3.63, 3.8) is 0 Å². The molecule has 0 aromatic carbocycles. The van der Waals surface area contributed by atoms with Crippen LogP contribution in [0, 0.1) is 39.3 Å². The van der Waals surface area contributed by atoms with Gasteiger partial charge in [0.05, 0.1) is 41.1 Å². The SMILES string of the molecule is C#C[Si](C)(C)C.C#Cc1cn([C@@H]2O[C@H](CO)C(O)[C@@H]2O)c(=O)nc1N.C[Si](C)(C)C#Cc1cn([C@@H]2O[C@H](CO)C(O)[C@@H]2O)c(=O)nc1N.Nc1ccn([C@@H]2O[C@H](CO)C(O)[C@@H]2O)c(=O)n1.Nc1nc(=O)n([C@@H]2O[C@H](CO)C(O)[C@@H]2O)cc1I. The molecule has 8 heterocycles. The fraction of sp³-hybridized carbons (Fsp3) is 0.542. The van der Waals surface area contributed by atoms with E-state index in [1.165, 1.54) is 30.9 Å². The number of anilines is 4. The first kappa shape index (κ1) is 69.4. The van der Waals surface area contributed by atoms with Crippen molar-refractivity contribution < 1.29 is 80.2 Å². The molecule has 35 heteroatoms. The molecule has 4 unspecified atom stereocenters. The average Bonchev–Trinajstić information content (AvgIpc) is 4.19. The first-order valence-corrected chi connectivity index (χ1v) is 32.9. The van der Waals surface area contributed by atoms with Gasteiger partial charge >= 0.3 is 22.8 Å². The highest BCUT2D eigenvalue weighted by Crippen LogP contribution is 2.32. The van der Waals surface area contributed by atoms with Crippen LogP contribution in [-0.2, 0) is 18.9 Å². The van der Waals surface area contributed by atoms with Crippen molar-refractivity contribution in [1.82, 2.24) is 38.2 Å². The normalized spacial score (nSPS) is 28.9. The second-order valence-electron chi connectivity index (χ2n) is 20.6. The Balaban J connectivity index is 0.000000231. The Morgan fingerprint density at radius 2 is 0.819 bits per heavy atom. The number of hydrogen-bond acceptors (Lipinski definition) is 28. The lowest BCUT2D eigenvalue weighted by Gasteiger charge is -2.17. The zero-order chi connectivity index (χ0) is 62.7. The summed E-state index contributed by atoms with van der Waals surface area (Å²) in [5.41, 5.74) is 25.5. The van der Waals surface area contributed by atoms with Gasteiger partial charge in [-0.15, -0.1) is 23.9 Å². The predicted octanol–water partition coefficient (Wildman–Crippen LogP) is -6.94. The Labute approximate surface area is 488 Å². The van der Waals surface area contributed by atoms with Crippen LogP contribution < -0.4 is 45.7 Å². The first-order valence-electron chi connectivity index (χ1n) is 24.8. The summed E-state index contributed by atoms with van der Waals surface area (Å²) in [5, 5.41) is 114.